The Bertz CT molecular complexity index is 970. The Hall–Kier alpha value is -2.87. The van der Waals surface area contributed by atoms with Gasteiger partial charge in [-0.05, 0) is 43.1 Å². The van der Waals surface area contributed by atoms with E-state index in [0.29, 0.717) is 71.3 Å². The van der Waals surface area contributed by atoms with Crippen molar-refractivity contribution in [3.63, 3.8) is 0 Å². The van der Waals surface area contributed by atoms with Crippen LogP contribution in [0.3, 0.4) is 0 Å². The number of hydrogen-bond donors (Lipinski definition) is 0. The van der Waals surface area contributed by atoms with Crippen LogP contribution in [0.5, 0.6) is 5.75 Å². The fourth-order valence-corrected chi connectivity index (χ4v) is 5.68. The molecule has 0 N–H and O–H groups in total. The van der Waals surface area contributed by atoms with E-state index in [9.17, 15) is 14.4 Å². The minimum Gasteiger partial charge on any atom is -0.489 e. The highest BCUT2D eigenvalue weighted by atomic mass is 16.5. The van der Waals surface area contributed by atoms with Gasteiger partial charge in [0.2, 0.25) is 18.2 Å². The van der Waals surface area contributed by atoms with Crippen molar-refractivity contribution in [2.24, 2.45) is 17.8 Å². The van der Waals surface area contributed by atoms with E-state index in [1.54, 1.807) is 4.90 Å². The van der Waals surface area contributed by atoms with Crippen molar-refractivity contribution in [3.05, 3.63) is 42.0 Å². The molecule has 0 unspecified atom stereocenters. The van der Waals surface area contributed by atoms with E-state index in [1.807, 2.05) is 28.0 Å². The molecule has 1 aromatic rings. The average molecular weight is 495 g/mol. The summed E-state index contributed by atoms with van der Waals surface area (Å²) in [6.07, 6.45) is 8.87. The van der Waals surface area contributed by atoms with Gasteiger partial charge < -0.3 is 19.4 Å². The standard InChI is InChI=1S/C28H38N4O4/c33-21-29-11-13-31(14-12-29)27(34)16-23-9-10-32-19-24(23)5-3-15-36-26-6-2-1-4-25(26)18-30(20-28(32)35)17-22-7-8-22/h1-6,21-24H,7-20H2/t23-,24-/m0/s1. The Balaban J connectivity index is 1.29. The fourth-order valence-electron chi connectivity index (χ4n) is 5.68. The predicted molar refractivity (Wildman–Crippen MR) is 136 cm³/mol. The molecule has 2 atom stereocenters. The van der Waals surface area contributed by atoms with Gasteiger partial charge in [-0.25, -0.2) is 0 Å². The lowest BCUT2D eigenvalue weighted by molar-refractivity contribution is -0.138. The summed E-state index contributed by atoms with van der Waals surface area (Å²) in [4.78, 5) is 45.4. The Morgan fingerprint density at radius 1 is 1.03 bits per heavy atom. The maximum Gasteiger partial charge on any atom is 0.236 e. The van der Waals surface area contributed by atoms with Crippen LogP contribution in [0, 0.1) is 17.8 Å². The Labute approximate surface area is 213 Å². The van der Waals surface area contributed by atoms with Crippen LogP contribution in [0.4, 0.5) is 0 Å². The Morgan fingerprint density at radius 2 is 1.83 bits per heavy atom. The Kier molecular flexibility index (Phi) is 7.90. The van der Waals surface area contributed by atoms with Gasteiger partial charge in [-0.3, -0.25) is 19.3 Å². The number of rotatable bonds is 5. The molecule has 0 aromatic heterocycles. The van der Waals surface area contributed by atoms with Crippen LogP contribution in [0.15, 0.2) is 36.4 Å². The molecule has 3 heterocycles. The zero-order valence-corrected chi connectivity index (χ0v) is 21.1. The second-order valence-corrected chi connectivity index (χ2v) is 10.7. The molecule has 5 rings (SSSR count). The first-order valence-electron chi connectivity index (χ1n) is 13.4. The molecule has 0 spiro atoms. The van der Waals surface area contributed by atoms with Gasteiger partial charge >= 0.3 is 0 Å². The molecule has 3 amide bonds. The molecule has 0 radical (unpaired) electrons. The first kappa shape index (κ1) is 24.8. The molecule has 4 aliphatic rings. The summed E-state index contributed by atoms with van der Waals surface area (Å²) in [7, 11) is 0. The predicted octanol–water partition coefficient (Wildman–Crippen LogP) is 2.00. The summed E-state index contributed by atoms with van der Waals surface area (Å²) in [6, 6.07) is 8.13. The van der Waals surface area contributed by atoms with Gasteiger partial charge in [0.25, 0.3) is 0 Å². The molecular formula is C28H38N4O4. The number of hydrogen-bond acceptors (Lipinski definition) is 5. The van der Waals surface area contributed by atoms with E-state index in [0.717, 1.165) is 30.7 Å². The molecule has 8 nitrogen and oxygen atoms in total. The smallest absolute Gasteiger partial charge is 0.236 e. The third-order valence-electron chi connectivity index (χ3n) is 8.07. The van der Waals surface area contributed by atoms with Crippen molar-refractivity contribution in [1.29, 1.82) is 0 Å². The van der Waals surface area contributed by atoms with Gasteiger partial charge in [-0.1, -0.05) is 30.4 Å². The van der Waals surface area contributed by atoms with Crippen LogP contribution in [0.25, 0.3) is 0 Å². The summed E-state index contributed by atoms with van der Waals surface area (Å²) >= 11 is 0. The van der Waals surface area contributed by atoms with E-state index >= 15 is 0 Å². The molecule has 1 aliphatic carbocycles. The van der Waals surface area contributed by atoms with Gasteiger partial charge in [0.1, 0.15) is 12.4 Å². The Morgan fingerprint density at radius 3 is 2.61 bits per heavy atom. The molecule has 2 bridgehead atoms. The normalized spacial score (nSPS) is 25.8. The largest absolute Gasteiger partial charge is 0.489 e. The van der Waals surface area contributed by atoms with Crippen LogP contribution in [-0.4, -0.2) is 96.8 Å². The number of amides is 3. The number of nitrogens with zero attached hydrogens (tertiary/aromatic N) is 4. The minimum absolute atomic E-state index is 0.124. The number of piperazine rings is 1. The number of benzene rings is 1. The lowest BCUT2D eigenvalue weighted by atomic mass is 9.82. The van der Waals surface area contributed by atoms with Crippen molar-refractivity contribution >= 4 is 18.2 Å². The third kappa shape index (κ3) is 6.27. The molecule has 1 saturated carbocycles. The monoisotopic (exact) mass is 494 g/mol. The fraction of sp³-hybridized carbons (Fsp3) is 0.607. The highest BCUT2D eigenvalue weighted by Crippen LogP contribution is 2.32. The van der Waals surface area contributed by atoms with Crippen molar-refractivity contribution in [2.45, 2.75) is 32.2 Å². The number of piperidine rings is 1. The number of carbonyl (C=O) groups excluding carboxylic acids is 3. The van der Waals surface area contributed by atoms with Crippen LogP contribution in [0.1, 0.15) is 31.2 Å². The van der Waals surface area contributed by atoms with E-state index in [4.69, 9.17) is 4.74 Å². The SMILES string of the molecule is O=CN1CCN(C(=O)C[C@@H]2CCN3C[C@@H]2C=CCOc2ccccc2CN(CC2CC2)CC3=O)CC1. The van der Waals surface area contributed by atoms with Gasteiger partial charge in [0.15, 0.2) is 0 Å². The quantitative estimate of drug-likeness (QED) is 0.463. The maximum atomic E-state index is 13.4. The number of carbonyl (C=O) groups is 3. The van der Waals surface area contributed by atoms with Crippen molar-refractivity contribution in [2.75, 3.05) is 59.0 Å². The van der Waals surface area contributed by atoms with Crippen molar-refractivity contribution in [3.8, 4) is 5.75 Å². The number of ether oxygens (including phenoxy) is 1. The van der Waals surface area contributed by atoms with Gasteiger partial charge in [0, 0.05) is 64.3 Å². The third-order valence-corrected chi connectivity index (χ3v) is 8.07. The highest BCUT2D eigenvalue weighted by molar-refractivity contribution is 5.79. The molecule has 36 heavy (non-hydrogen) atoms. The van der Waals surface area contributed by atoms with Crippen LogP contribution >= 0.6 is 0 Å². The summed E-state index contributed by atoms with van der Waals surface area (Å²) in [5.41, 5.74) is 1.12. The summed E-state index contributed by atoms with van der Waals surface area (Å²) < 4.78 is 6.15. The minimum atomic E-state index is 0.124. The maximum absolute atomic E-state index is 13.4. The van der Waals surface area contributed by atoms with E-state index in [2.05, 4.69) is 23.1 Å². The van der Waals surface area contributed by atoms with Gasteiger partial charge in [-0.15, -0.1) is 0 Å². The lowest BCUT2D eigenvalue weighted by Crippen LogP contribution is -2.50. The molecule has 2 saturated heterocycles. The van der Waals surface area contributed by atoms with Crippen LogP contribution < -0.4 is 4.74 Å². The van der Waals surface area contributed by atoms with Crippen molar-refractivity contribution < 1.29 is 19.1 Å². The molecular weight excluding hydrogens is 456 g/mol. The van der Waals surface area contributed by atoms with E-state index in [-0.39, 0.29) is 23.7 Å². The van der Waals surface area contributed by atoms with Crippen molar-refractivity contribution in [1.82, 2.24) is 19.6 Å². The van der Waals surface area contributed by atoms with Crippen LogP contribution in [0.2, 0.25) is 0 Å². The first-order valence-corrected chi connectivity index (χ1v) is 13.4. The summed E-state index contributed by atoms with van der Waals surface area (Å²) in [6.45, 7) is 6.30. The second-order valence-electron chi connectivity index (χ2n) is 10.7. The molecule has 1 aromatic carbocycles. The lowest BCUT2D eigenvalue weighted by Gasteiger charge is -2.39. The van der Waals surface area contributed by atoms with Crippen LogP contribution in [-0.2, 0) is 20.9 Å². The van der Waals surface area contributed by atoms with Gasteiger partial charge in [0.05, 0.1) is 6.54 Å². The zero-order valence-electron chi connectivity index (χ0n) is 21.1. The highest BCUT2D eigenvalue weighted by Gasteiger charge is 2.34. The molecule has 3 fully saturated rings. The molecule has 194 valence electrons. The van der Waals surface area contributed by atoms with E-state index < -0.39 is 0 Å². The summed E-state index contributed by atoms with van der Waals surface area (Å²) in [5, 5.41) is 0. The average Bonchev–Trinajstić information content (AvgIpc) is 3.71. The molecule has 8 heteroatoms. The number of fused-ring (bicyclic) bond motifs is 3. The zero-order chi connectivity index (χ0) is 24.9. The first-order chi connectivity index (χ1) is 17.6. The van der Waals surface area contributed by atoms with Gasteiger partial charge in [-0.2, -0.15) is 0 Å². The molecule has 3 aliphatic heterocycles. The second kappa shape index (κ2) is 11.5. The van der Waals surface area contributed by atoms with E-state index in [1.165, 1.54) is 12.8 Å². The summed E-state index contributed by atoms with van der Waals surface area (Å²) in [5.74, 6) is 2.23. The topological polar surface area (TPSA) is 73.4 Å². The number of para-hydroxylation sites is 1.